The van der Waals surface area contributed by atoms with E-state index >= 15 is 0 Å². The molecule has 1 aromatic heterocycles. The zero-order valence-electron chi connectivity index (χ0n) is 18.0. The van der Waals surface area contributed by atoms with Crippen LogP contribution < -0.4 is 4.74 Å². The number of rotatable bonds is 8. The van der Waals surface area contributed by atoms with E-state index in [2.05, 4.69) is 16.8 Å². The van der Waals surface area contributed by atoms with Crippen LogP contribution in [0.25, 0.3) is 0 Å². The van der Waals surface area contributed by atoms with Crippen LogP contribution in [0.5, 0.6) is 5.75 Å². The van der Waals surface area contributed by atoms with E-state index in [1.165, 1.54) is 30.5 Å². The Labute approximate surface area is 188 Å². The van der Waals surface area contributed by atoms with Crippen molar-refractivity contribution in [3.05, 3.63) is 54.4 Å². The number of aromatic nitrogens is 1. The number of benzene rings is 1. The fraction of sp³-hybridized carbons (Fsp3) is 0.391. The lowest BCUT2D eigenvalue weighted by Crippen LogP contribution is -2.49. The number of hydrazine groups is 1. The van der Waals surface area contributed by atoms with E-state index in [0.29, 0.717) is 28.6 Å². The van der Waals surface area contributed by atoms with Crippen molar-refractivity contribution in [3.63, 3.8) is 0 Å². The van der Waals surface area contributed by atoms with Gasteiger partial charge in [0, 0.05) is 18.3 Å². The van der Waals surface area contributed by atoms with Gasteiger partial charge in [0.25, 0.3) is 15.9 Å². The third-order valence-electron chi connectivity index (χ3n) is 5.29. The SMILES string of the molecule is CC#CCOc1ccc(S(=O)(=O)N(Cc2cccnc2)N(O)C(=O)C2CCCCC2)cc1. The summed E-state index contributed by atoms with van der Waals surface area (Å²) in [6, 6.07) is 9.11. The van der Waals surface area contributed by atoms with Crippen LogP contribution in [0.4, 0.5) is 0 Å². The summed E-state index contributed by atoms with van der Waals surface area (Å²) in [5.41, 5.74) is 0.532. The molecule has 1 saturated carbocycles. The Kier molecular flexibility index (Phi) is 8.22. The molecule has 0 saturated heterocycles. The standard InChI is InChI=1S/C23H27N3O5S/c1-2-3-16-31-21-11-13-22(14-12-21)32(29,30)25(18-19-8-7-15-24-17-19)26(28)23(27)20-9-5-4-6-10-20/h7-8,11-15,17,20,28H,4-6,9-10,16,18H2,1H3. The zero-order valence-corrected chi connectivity index (χ0v) is 18.8. The van der Waals surface area contributed by atoms with Crippen molar-refractivity contribution < 1.29 is 23.2 Å². The van der Waals surface area contributed by atoms with Crippen LogP contribution in [0.15, 0.2) is 53.7 Å². The van der Waals surface area contributed by atoms with E-state index in [1.807, 2.05) is 0 Å². The number of amides is 1. The van der Waals surface area contributed by atoms with Crippen molar-refractivity contribution >= 4 is 15.9 Å². The maximum Gasteiger partial charge on any atom is 0.265 e. The first-order valence-electron chi connectivity index (χ1n) is 10.5. The summed E-state index contributed by atoms with van der Waals surface area (Å²) in [4.78, 5) is 16.9. The van der Waals surface area contributed by atoms with Crippen LogP contribution in [-0.4, -0.2) is 40.7 Å². The molecule has 1 aliphatic rings. The Hall–Kier alpha value is -2.93. The lowest BCUT2D eigenvalue weighted by atomic mass is 9.89. The van der Waals surface area contributed by atoms with Crippen LogP contribution in [0, 0.1) is 17.8 Å². The molecule has 1 amide bonds. The van der Waals surface area contributed by atoms with Crippen molar-refractivity contribution in [2.75, 3.05) is 6.61 Å². The van der Waals surface area contributed by atoms with Gasteiger partial charge in [-0.1, -0.05) is 35.7 Å². The predicted molar refractivity (Wildman–Crippen MR) is 118 cm³/mol. The molecular formula is C23H27N3O5S. The van der Waals surface area contributed by atoms with E-state index in [0.717, 1.165) is 19.3 Å². The fourth-order valence-corrected chi connectivity index (χ4v) is 4.87. The summed E-state index contributed by atoms with van der Waals surface area (Å²) >= 11 is 0. The minimum absolute atomic E-state index is 0.0780. The number of hydrogen-bond acceptors (Lipinski definition) is 6. The lowest BCUT2D eigenvalue weighted by molar-refractivity contribution is -0.218. The number of ether oxygens (including phenoxy) is 1. The van der Waals surface area contributed by atoms with Gasteiger partial charge in [0.2, 0.25) is 0 Å². The van der Waals surface area contributed by atoms with Crippen molar-refractivity contribution in [1.82, 2.24) is 14.6 Å². The van der Waals surface area contributed by atoms with E-state index in [9.17, 15) is 18.4 Å². The quantitative estimate of drug-likeness (QED) is 0.371. The molecule has 1 N–H and O–H groups in total. The first-order valence-corrected chi connectivity index (χ1v) is 11.9. The van der Waals surface area contributed by atoms with E-state index < -0.39 is 21.8 Å². The number of hydroxylamine groups is 1. The maximum absolute atomic E-state index is 13.4. The highest BCUT2D eigenvalue weighted by atomic mass is 32.2. The third kappa shape index (κ3) is 5.85. The van der Waals surface area contributed by atoms with Crippen molar-refractivity contribution in [1.29, 1.82) is 0 Å². The van der Waals surface area contributed by atoms with Crippen LogP contribution in [0.1, 0.15) is 44.6 Å². The molecule has 2 aromatic rings. The van der Waals surface area contributed by atoms with Gasteiger partial charge in [0.05, 0.1) is 11.4 Å². The molecule has 3 rings (SSSR count). The smallest absolute Gasteiger partial charge is 0.265 e. The second-order valence-corrected chi connectivity index (χ2v) is 9.34. The summed E-state index contributed by atoms with van der Waals surface area (Å²) in [6.07, 6.45) is 7.10. The molecule has 1 fully saturated rings. The van der Waals surface area contributed by atoms with Gasteiger partial charge in [-0.05, 0) is 55.7 Å². The van der Waals surface area contributed by atoms with Gasteiger partial charge < -0.3 is 4.74 Å². The van der Waals surface area contributed by atoms with Gasteiger partial charge in [-0.3, -0.25) is 15.0 Å². The first-order chi connectivity index (χ1) is 15.4. The molecule has 9 heteroatoms. The van der Waals surface area contributed by atoms with Crippen LogP contribution in [-0.2, 0) is 21.4 Å². The summed E-state index contributed by atoms with van der Waals surface area (Å²) < 4.78 is 33.0. The molecule has 8 nitrogen and oxygen atoms in total. The van der Waals surface area contributed by atoms with Gasteiger partial charge in [0.1, 0.15) is 12.4 Å². The number of carbonyl (C=O) groups is 1. The maximum atomic E-state index is 13.4. The summed E-state index contributed by atoms with van der Waals surface area (Å²) in [5, 5.41) is 11.0. The van der Waals surface area contributed by atoms with Crippen molar-refractivity contribution in [3.8, 4) is 17.6 Å². The molecule has 0 unspecified atom stereocenters. The summed E-state index contributed by atoms with van der Waals surface area (Å²) in [5.74, 6) is 4.92. The number of sulfonamides is 1. The molecule has 0 spiro atoms. The Morgan fingerprint density at radius 1 is 1.19 bits per heavy atom. The molecule has 0 atom stereocenters. The van der Waals surface area contributed by atoms with Gasteiger partial charge in [-0.15, -0.1) is 11.1 Å². The Morgan fingerprint density at radius 3 is 2.53 bits per heavy atom. The normalized spacial score (nSPS) is 14.5. The number of carbonyl (C=O) groups excluding carboxylic acids is 1. The first kappa shape index (κ1) is 23.7. The highest BCUT2D eigenvalue weighted by Crippen LogP contribution is 2.28. The molecule has 1 aromatic carbocycles. The summed E-state index contributed by atoms with van der Waals surface area (Å²) in [6.45, 7) is 1.65. The molecular weight excluding hydrogens is 430 g/mol. The molecule has 1 aliphatic carbocycles. The lowest BCUT2D eigenvalue weighted by Gasteiger charge is -2.32. The molecule has 1 heterocycles. The molecule has 32 heavy (non-hydrogen) atoms. The average Bonchev–Trinajstić information content (AvgIpc) is 2.83. The van der Waals surface area contributed by atoms with Crippen molar-refractivity contribution in [2.24, 2.45) is 5.92 Å². The molecule has 0 radical (unpaired) electrons. The highest BCUT2D eigenvalue weighted by molar-refractivity contribution is 7.89. The fourth-order valence-electron chi connectivity index (χ4n) is 3.55. The van der Waals surface area contributed by atoms with Crippen LogP contribution in [0.2, 0.25) is 0 Å². The second-order valence-electron chi connectivity index (χ2n) is 7.50. The van der Waals surface area contributed by atoms with Gasteiger partial charge in [-0.2, -0.15) is 0 Å². The van der Waals surface area contributed by atoms with E-state index in [-0.39, 0.29) is 23.2 Å². The summed E-state index contributed by atoms with van der Waals surface area (Å²) in [7, 11) is -4.25. The van der Waals surface area contributed by atoms with Gasteiger partial charge >= 0.3 is 0 Å². The third-order valence-corrected chi connectivity index (χ3v) is 7.00. The largest absolute Gasteiger partial charge is 0.481 e. The number of hydrogen-bond donors (Lipinski definition) is 1. The average molecular weight is 458 g/mol. The topological polar surface area (TPSA) is 100 Å². The number of pyridine rings is 1. The van der Waals surface area contributed by atoms with Gasteiger partial charge in [-0.25, -0.2) is 8.42 Å². The van der Waals surface area contributed by atoms with Crippen LogP contribution >= 0.6 is 0 Å². The van der Waals surface area contributed by atoms with E-state index in [1.54, 1.807) is 25.3 Å². The minimum atomic E-state index is -4.25. The Morgan fingerprint density at radius 2 is 1.91 bits per heavy atom. The zero-order chi connectivity index (χ0) is 23.0. The minimum Gasteiger partial charge on any atom is -0.481 e. The monoisotopic (exact) mass is 457 g/mol. The Bertz CT molecular complexity index is 1060. The highest BCUT2D eigenvalue weighted by Gasteiger charge is 2.36. The van der Waals surface area contributed by atoms with Crippen LogP contribution in [0.3, 0.4) is 0 Å². The number of nitrogens with zero attached hydrogens (tertiary/aromatic N) is 3. The molecule has 0 bridgehead atoms. The van der Waals surface area contributed by atoms with E-state index in [4.69, 9.17) is 4.74 Å². The van der Waals surface area contributed by atoms with Crippen molar-refractivity contribution in [2.45, 2.75) is 50.5 Å². The van der Waals surface area contributed by atoms with Gasteiger partial charge in [0.15, 0.2) is 0 Å². The predicted octanol–water partition coefficient (Wildman–Crippen LogP) is 3.39. The second kappa shape index (κ2) is 11.1. The molecule has 0 aliphatic heterocycles. The molecule has 170 valence electrons. The Balaban J connectivity index is 1.88.